The van der Waals surface area contributed by atoms with Gasteiger partial charge >= 0.3 is 0 Å². The van der Waals surface area contributed by atoms with Crippen molar-refractivity contribution in [3.05, 3.63) is 28.0 Å². The number of rotatable bonds is 2. The SMILES string of the molecule is COc1cc(Br)cc(F)c1C(C)C. The van der Waals surface area contributed by atoms with Crippen molar-refractivity contribution in [1.29, 1.82) is 0 Å². The van der Waals surface area contributed by atoms with Gasteiger partial charge in [-0.2, -0.15) is 0 Å². The van der Waals surface area contributed by atoms with Crippen LogP contribution in [-0.4, -0.2) is 7.11 Å². The molecule has 3 heteroatoms. The van der Waals surface area contributed by atoms with Crippen LogP contribution in [0, 0.1) is 5.82 Å². The standard InChI is InChI=1S/C10H12BrFO/c1-6(2)10-8(12)4-7(11)5-9(10)13-3/h4-6H,1-3H3. The lowest BCUT2D eigenvalue weighted by Crippen LogP contribution is -1.98. The van der Waals surface area contributed by atoms with Crippen LogP contribution in [0.1, 0.15) is 25.3 Å². The maximum absolute atomic E-state index is 13.4. The molecule has 0 amide bonds. The van der Waals surface area contributed by atoms with Gasteiger partial charge in [-0.15, -0.1) is 0 Å². The van der Waals surface area contributed by atoms with E-state index in [1.54, 1.807) is 13.2 Å². The van der Waals surface area contributed by atoms with E-state index >= 15 is 0 Å². The molecule has 0 spiro atoms. The van der Waals surface area contributed by atoms with E-state index in [1.165, 1.54) is 6.07 Å². The Hall–Kier alpha value is -0.570. The summed E-state index contributed by atoms with van der Waals surface area (Å²) in [5.74, 6) is 0.506. The first-order valence-electron chi connectivity index (χ1n) is 4.09. The molecule has 0 bridgehead atoms. The molecule has 0 unspecified atom stereocenters. The van der Waals surface area contributed by atoms with Crippen molar-refractivity contribution in [2.24, 2.45) is 0 Å². The molecule has 0 fully saturated rings. The van der Waals surface area contributed by atoms with Gasteiger partial charge in [0.25, 0.3) is 0 Å². The van der Waals surface area contributed by atoms with Gasteiger partial charge in [0.2, 0.25) is 0 Å². The van der Waals surface area contributed by atoms with Crippen LogP contribution in [0.4, 0.5) is 4.39 Å². The van der Waals surface area contributed by atoms with Crippen molar-refractivity contribution < 1.29 is 9.13 Å². The Morgan fingerprint density at radius 1 is 1.38 bits per heavy atom. The molecule has 1 aromatic rings. The average Bonchev–Trinajstić information content (AvgIpc) is 2.01. The number of methoxy groups -OCH3 is 1. The molecule has 0 saturated carbocycles. The molecule has 0 aliphatic heterocycles. The number of hydrogen-bond acceptors (Lipinski definition) is 1. The summed E-state index contributed by atoms with van der Waals surface area (Å²) in [5, 5.41) is 0. The van der Waals surface area contributed by atoms with Crippen LogP contribution in [-0.2, 0) is 0 Å². The minimum atomic E-state index is -0.221. The lowest BCUT2D eigenvalue weighted by atomic mass is 10.0. The number of benzene rings is 1. The average molecular weight is 247 g/mol. The first-order chi connectivity index (χ1) is 6.06. The Balaban J connectivity index is 3.30. The molecule has 1 nitrogen and oxygen atoms in total. The molecule has 0 atom stereocenters. The van der Waals surface area contributed by atoms with Crippen molar-refractivity contribution in [2.45, 2.75) is 19.8 Å². The number of hydrogen-bond donors (Lipinski definition) is 0. The summed E-state index contributed by atoms with van der Waals surface area (Å²) in [6.45, 7) is 3.88. The predicted octanol–water partition coefficient (Wildman–Crippen LogP) is 3.72. The molecule has 0 aliphatic carbocycles. The molecule has 0 N–H and O–H groups in total. The first-order valence-corrected chi connectivity index (χ1v) is 4.88. The van der Waals surface area contributed by atoms with Gasteiger partial charge in [0.05, 0.1) is 7.11 Å². The van der Waals surface area contributed by atoms with E-state index in [2.05, 4.69) is 15.9 Å². The van der Waals surface area contributed by atoms with Crippen molar-refractivity contribution in [3.63, 3.8) is 0 Å². The van der Waals surface area contributed by atoms with Crippen molar-refractivity contribution in [1.82, 2.24) is 0 Å². The van der Waals surface area contributed by atoms with Crippen LogP contribution in [0.15, 0.2) is 16.6 Å². The summed E-state index contributed by atoms with van der Waals surface area (Å²) in [5.41, 5.74) is 0.630. The molecule has 0 radical (unpaired) electrons. The summed E-state index contributed by atoms with van der Waals surface area (Å²) < 4.78 is 19.2. The highest BCUT2D eigenvalue weighted by Crippen LogP contribution is 2.31. The Labute approximate surface area is 86.0 Å². The largest absolute Gasteiger partial charge is 0.496 e. The van der Waals surface area contributed by atoms with Gasteiger partial charge < -0.3 is 4.74 Å². The minimum Gasteiger partial charge on any atom is -0.496 e. The Bertz CT molecular complexity index is 310. The van der Waals surface area contributed by atoms with Crippen LogP contribution in [0.5, 0.6) is 5.75 Å². The third-order valence-corrected chi connectivity index (χ3v) is 2.31. The topological polar surface area (TPSA) is 9.23 Å². The molecular weight excluding hydrogens is 235 g/mol. The molecule has 1 aromatic carbocycles. The lowest BCUT2D eigenvalue weighted by molar-refractivity contribution is 0.401. The van der Waals surface area contributed by atoms with Crippen LogP contribution in [0.25, 0.3) is 0 Å². The summed E-state index contributed by atoms with van der Waals surface area (Å²) in [4.78, 5) is 0. The van der Waals surface area contributed by atoms with Gasteiger partial charge in [-0.3, -0.25) is 0 Å². The third kappa shape index (κ3) is 2.21. The number of halogens is 2. The fourth-order valence-electron chi connectivity index (χ4n) is 1.29. The fourth-order valence-corrected chi connectivity index (χ4v) is 1.70. The fraction of sp³-hybridized carbons (Fsp3) is 0.400. The zero-order valence-corrected chi connectivity index (χ0v) is 9.48. The van der Waals surface area contributed by atoms with E-state index in [-0.39, 0.29) is 11.7 Å². The molecule has 0 aliphatic rings. The third-order valence-electron chi connectivity index (χ3n) is 1.85. The van der Waals surface area contributed by atoms with Gasteiger partial charge in [0.15, 0.2) is 0 Å². The van der Waals surface area contributed by atoms with Crippen molar-refractivity contribution in [2.75, 3.05) is 7.11 Å². The van der Waals surface area contributed by atoms with E-state index in [0.29, 0.717) is 15.8 Å². The highest BCUT2D eigenvalue weighted by Gasteiger charge is 2.13. The van der Waals surface area contributed by atoms with Gasteiger partial charge in [-0.05, 0) is 18.1 Å². The summed E-state index contributed by atoms with van der Waals surface area (Å²) >= 11 is 3.22. The van der Waals surface area contributed by atoms with Crippen LogP contribution >= 0.6 is 15.9 Å². The second-order valence-electron chi connectivity index (χ2n) is 3.16. The van der Waals surface area contributed by atoms with Crippen LogP contribution in [0.2, 0.25) is 0 Å². The second-order valence-corrected chi connectivity index (χ2v) is 4.07. The zero-order valence-electron chi connectivity index (χ0n) is 7.90. The summed E-state index contributed by atoms with van der Waals surface area (Å²) in [7, 11) is 1.55. The van der Waals surface area contributed by atoms with Crippen LogP contribution < -0.4 is 4.74 Å². The lowest BCUT2D eigenvalue weighted by Gasteiger charge is -2.12. The quantitative estimate of drug-likeness (QED) is 0.773. The van der Waals surface area contributed by atoms with E-state index < -0.39 is 0 Å². The smallest absolute Gasteiger partial charge is 0.131 e. The molecule has 13 heavy (non-hydrogen) atoms. The van der Waals surface area contributed by atoms with Gasteiger partial charge in [-0.25, -0.2) is 4.39 Å². The maximum atomic E-state index is 13.4. The Morgan fingerprint density at radius 2 is 2.00 bits per heavy atom. The predicted molar refractivity (Wildman–Crippen MR) is 54.7 cm³/mol. The molecule has 0 aromatic heterocycles. The first kappa shape index (κ1) is 10.5. The zero-order chi connectivity index (χ0) is 10.0. The van der Waals surface area contributed by atoms with E-state index in [4.69, 9.17) is 4.74 Å². The molecule has 72 valence electrons. The summed E-state index contributed by atoms with van der Waals surface area (Å²) in [6.07, 6.45) is 0. The summed E-state index contributed by atoms with van der Waals surface area (Å²) in [6, 6.07) is 3.23. The normalized spacial score (nSPS) is 10.6. The van der Waals surface area contributed by atoms with Gasteiger partial charge in [0, 0.05) is 10.0 Å². The molecule has 0 saturated heterocycles. The maximum Gasteiger partial charge on any atom is 0.131 e. The number of ether oxygens (including phenoxy) is 1. The monoisotopic (exact) mass is 246 g/mol. The van der Waals surface area contributed by atoms with Crippen molar-refractivity contribution >= 4 is 15.9 Å². The van der Waals surface area contributed by atoms with Gasteiger partial charge in [0.1, 0.15) is 11.6 Å². The minimum absolute atomic E-state index is 0.128. The second kappa shape index (κ2) is 4.09. The Morgan fingerprint density at radius 3 is 2.46 bits per heavy atom. The van der Waals surface area contributed by atoms with Crippen molar-refractivity contribution in [3.8, 4) is 5.75 Å². The van der Waals surface area contributed by atoms with Gasteiger partial charge in [-0.1, -0.05) is 29.8 Å². The van der Waals surface area contributed by atoms with E-state index in [9.17, 15) is 4.39 Å². The van der Waals surface area contributed by atoms with Crippen LogP contribution in [0.3, 0.4) is 0 Å². The molecular formula is C10H12BrFO. The molecule has 0 heterocycles. The van der Waals surface area contributed by atoms with E-state index in [0.717, 1.165) is 0 Å². The van der Waals surface area contributed by atoms with E-state index in [1.807, 2.05) is 13.8 Å². The highest BCUT2D eigenvalue weighted by atomic mass is 79.9. The Kier molecular flexibility index (Phi) is 3.31. The highest BCUT2D eigenvalue weighted by molar-refractivity contribution is 9.10. The molecule has 1 rings (SSSR count).